The van der Waals surface area contributed by atoms with Crippen molar-refractivity contribution < 1.29 is 0 Å². The lowest BCUT2D eigenvalue weighted by Gasteiger charge is -2.30. The molecular weight excluding hydrogens is 260 g/mol. The second-order valence-electron chi connectivity index (χ2n) is 6.46. The number of nitrogens with zero attached hydrogens (tertiary/aromatic N) is 2. The van der Waals surface area contributed by atoms with Crippen molar-refractivity contribution >= 4 is 12.1 Å². The number of rotatable bonds is 5. The van der Waals surface area contributed by atoms with Gasteiger partial charge in [-0.3, -0.25) is 10.4 Å². The first kappa shape index (κ1) is 14.5. The predicted molar refractivity (Wildman–Crippen MR) is 87.9 cm³/mol. The minimum atomic E-state index is 0.615. The number of hydrogen-bond acceptors (Lipinski definition) is 3. The van der Waals surface area contributed by atoms with E-state index in [2.05, 4.69) is 28.7 Å². The van der Waals surface area contributed by atoms with E-state index >= 15 is 0 Å². The third-order valence-electron chi connectivity index (χ3n) is 4.66. The number of nitrogens with one attached hydrogen (secondary N) is 2. The Hall–Kier alpha value is -1.42. The number of amidine groups is 1. The van der Waals surface area contributed by atoms with Gasteiger partial charge in [-0.1, -0.05) is 6.58 Å². The molecule has 0 amide bonds. The normalized spacial score (nSPS) is 24.1. The molecule has 3 rings (SSSR count). The minimum Gasteiger partial charge on any atom is -0.354 e. The van der Waals surface area contributed by atoms with Crippen LogP contribution in [0, 0.1) is 17.2 Å². The van der Waals surface area contributed by atoms with Gasteiger partial charge in [0.25, 0.3) is 0 Å². The van der Waals surface area contributed by atoms with Crippen LogP contribution in [0.2, 0.25) is 0 Å². The average Bonchev–Trinajstić information content (AvgIpc) is 3.39. The minimum absolute atomic E-state index is 0.615. The molecule has 0 bridgehead atoms. The van der Waals surface area contributed by atoms with E-state index in [0.29, 0.717) is 17.7 Å². The van der Waals surface area contributed by atoms with Gasteiger partial charge in [0.2, 0.25) is 0 Å². The zero-order valence-corrected chi connectivity index (χ0v) is 13.0. The Morgan fingerprint density at radius 1 is 1.19 bits per heavy atom. The maximum Gasteiger partial charge on any atom is 0.124 e. The van der Waals surface area contributed by atoms with Gasteiger partial charge >= 0.3 is 0 Å². The molecule has 0 radical (unpaired) electrons. The van der Waals surface area contributed by atoms with E-state index in [9.17, 15) is 0 Å². The molecule has 0 aromatic rings. The number of hydrogen-bond donors (Lipinski definition) is 2. The van der Waals surface area contributed by atoms with Gasteiger partial charge in [0.15, 0.2) is 0 Å². The van der Waals surface area contributed by atoms with E-state index in [1.807, 2.05) is 6.21 Å². The van der Waals surface area contributed by atoms with Crippen LogP contribution in [0.4, 0.5) is 0 Å². The summed E-state index contributed by atoms with van der Waals surface area (Å²) in [5, 5.41) is 11.8. The first-order valence-corrected chi connectivity index (χ1v) is 8.15. The zero-order chi connectivity index (χ0) is 14.8. The van der Waals surface area contributed by atoms with Crippen molar-refractivity contribution in [2.75, 3.05) is 26.2 Å². The summed E-state index contributed by atoms with van der Waals surface area (Å²) < 4.78 is 0. The molecular formula is C17H26N4. The molecule has 1 heterocycles. The molecule has 4 nitrogen and oxygen atoms in total. The van der Waals surface area contributed by atoms with Gasteiger partial charge in [-0.2, -0.15) is 0 Å². The molecule has 0 atom stereocenters. The average molecular weight is 286 g/mol. The van der Waals surface area contributed by atoms with Crippen molar-refractivity contribution in [1.82, 2.24) is 10.2 Å². The maximum absolute atomic E-state index is 8.48. The van der Waals surface area contributed by atoms with Gasteiger partial charge < -0.3 is 10.2 Å². The summed E-state index contributed by atoms with van der Waals surface area (Å²) in [6, 6.07) is 0. The van der Waals surface area contributed by atoms with Crippen LogP contribution in [0.3, 0.4) is 0 Å². The Morgan fingerprint density at radius 2 is 1.81 bits per heavy atom. The Kier molecular flexibility index (Phi) is 4.24. The lowest BCUT2D eigenvalue weighted by Crippen LogP contribution is -2.46. The molecule has 2 aliphatic carbocycles. The smallest absolute Gasteiger partial charge is 0.124 e. The standard InChI is InChI=1S/C17H26N4/c1-12(17(18)21-9-7-19-8-10-21)16(15-5-6-15)11-20-13(2)14-3-4-14/h11,14-15,18-19H,2-10H2,1H3/b16-12-,18-17?,20-11?. The van der Waals surface area contributed by atoms with E-state index in [1.165, 1.54) is 31.3 Å². The highest BCUT2D eigenvalue weighted by Crippen LogP contribution is 2.39. The van der Waals surface area contributed by atoms with E-state index < -0.39 is 0 Å². The van der Waals surface area contributed by atoms with Gasteiger partial charge in [0.1, 0.15) is 5.84 Å². The SMILES string of the molecule is C=C(N=C/C(=C(\C)C(=N)N1CCNCC1)C1CC1)C1CC1. The molecule has 2 N–H and O–H groups in total. The Morgan fingerprint density at radius 3 is 2.38 bits per heavy atom. The Balaban J connectivity index is 1.73. The molecule has 1 saturated heterocycles. The van der Waals surface area contributed by atoms with Crippen molar-refractivity contribution in [3.8, 4) is 0 Å². The van der Waals surface area contributed by atoms with Crippen LogP contribution in [0.5, 0.6) is 0 Å². The zero-order valence-electron chi connectivity index (χ0n) is 13.0. The van der Waals surface area contributed by atoms with Gasteiger partial charge in [0, 0.05) is 44.0 Å². The second-order valence-corrected chi connectivity index (χ2v) is 6.46. The first-order valence-electron chi connectivity index (χ1n) is 8.15. The highest BCUT2D eigenvalue weighted by Gasteiger charge is 2.29. The van der Waals surface area contributed by atoms with Crippen LogP contribution in [0.15, 0.2) is 28.4 Å². The molecule has 0 aromatic carbocycles. The molecule has 1 aliphatic heterocycles. The summed E-state index contributed by atoms with van der Waals surface area (Å²) in [6.45, 7) is 9.96. The monoisotopic (exact) mass is 286 g/mol. The van der Waals surface area contributed by atoms with Crippen molar-refractivity contribution in [2.45, 2.75) is 32.6 Å². The molecule has 0 aromatic heterocycles. The number of aliphatic imine (C=N–C) groups is 1. The third kappa shape index (κ3) is 3.62. The first-order chi connectivity index (χ1) is 10.2. The van der Waals surface area contributed by atoms with Crippen LogP contribution in [-0.2, 0) is 0 Å². The van der Waals surface area contributed by atoms with E-state index in [0.717, 1.165) is 37.4 Å². The highest BCUT2D eigenvalue weighted by atomic mass is 15.2. The van der Waals surface area contributed by atoms with E-state index in [4.69, 9.17) is 5.41 Å². The Labute approximate surface area is 127 Å². The molecule has 0 unspecified atom stereocenters. The van der Waals surface area contributed by atoms with Gasteiger partial charge in [-0.05, 0) is 49.7 Å². The predicted octanol–water partition coefficient (Wildman–Crippen LogP) is 2.59. The lowest BCUT2D eigenvalue weighted by molar-refractivity contribution is 0.355. The van der Waals surface area contributed by atoms with Crippen LogP contribution in [0.25, 0.3) is 0 Å². The summed E-state index contributed by atoms with van der Waals surface area (Å²) >= 11 is 0. The summed E-state index contributed by atoms with van der Waals surface area (Å²) in [5.41, 5.74) is 3.39. The Bertz CT molecular complexity index is 489. The maximum atomic E-state index is 8.48. The van der Waals surface area contributed by atoms with Crippen molar-refractivity contribution in [2.24, 2.45) is 16.8 Å². The highest BCUT2D eigenvalue weighted by molar-refractivity contribution is 6.01. The van der Waals surface area contributed by atoms with Crippen molar-refractivity contribution in [1.29, 1.82) is 5.41 Å². The molecule has 114 valence electrons. The number of piperazine rings is 1. The summed E-state index contributed by atoms with van der Waals surface area (Å²) in [6.07, 6.45) is 6.97. The van der Waals surface area contributed by atoms with Gasteiger partial charge in [-0.25, -0.2) is 0 Å². The molecule has 3 fully saturated rings. The fourth-order valence-electron chi connectivity index (χ4n) is 2.84. The van der Waals surface area contributed by atoms with Crippen molar-refractivity contribution in [3.05, 3.63) is 23.4 Å². The summed E-state index contributed by atoms with van der Waals surface area (Å²) in [5.74, 6) is 1.92. The molecule has 21 heavy (non-hydrogen) atoms. The third-order valence-corrected chi connectivity index (χ3v) is 4.66. The quantitative estimate of drug-likeness (QED) is 0.603. The molecule has 3 aliphatic rings. The van der Waals surface area contributed by atoms with Crippen LogP contribution in [0.1, 0.15) is 32.6 Å². The van der Waals surface area contributed by atoms with Gasteiger partial charge in [-0.15, -0.1) is 0 Å². The fourth-order valence-corrected chi connectivity index (χ4v) is 2.84. The van der Waals surface area contributed by atoms with Crippen LogP contribution < -0.4 is 5.32 Å². The molecule has 0 spiro atoms. The second kappa shape index (κ2) is 6.14. The lowest BCUT2D eigenvalue weighted by atomic mass is 10.0. The van der Waals surface area contributed by atoms with Crippen LogP contribution >= 0.6 is 0 Å². The van der Waals surface area contributed by atoms with Crippen molar-refractivity contribution in [3.63, 3.8) is 0 Å². The van der Waals surface area contributed by atoms with E-state index in [-0.39, 0.29) is 0 Å². The summed E-state index contributed by atoms with van der Waals surface area (Å²) in [4.78, 5) is 6.77. The van der Waals surface area contributed by atoms with Gasteiger partial charge in [0.05, 0.1) is 0 Å². The largest absolute Gasteiger partial charge is 0.354 e. The summed E-state index contributed by atoms with van der Waals surface area (Å²) in [7, 11) is 0. The fraction of sp³-hybridized carbons (Fsp3) is 0.647. The van der Waals surface area contributed by atoms with Crippen LogP contribution in [-0.4, -0.2) is 43.1 Å². The number of allylic oxidation sites excluding steroid dienone is 2. The van der Waals surface area contributed by atoms with E-state index in [1.54, 1.807) is 0 Å². The topological polar surface area (TPSA) is 51.5 Å². The molecule has 2 saturated carbocycles. The molecule has 4 heteroatoms.